The molecule has 2 aliphatic heterocycles. The average molecular weight is 394 g/mol. The highest BCUT2D eigenvalue weighted by Crippen LogP contribution is 2.28. The maximum absolute atomic E-state index is 13.0. The van der Waals surface area contributed by atoms with Gasteiger partial charge < -0.3 is 15.5 Å². The maximum atomic E-state index is 13.0. The van der Waals surface area contributed by atoms with Crippen molar-refractivity contribution in [1.29, 1.82) is 0 Å². The van der Waals surface area contributed by atoms with Crippen LogP contribution in [0.25, 0.3) is 5.65 Å². The van der Waals surface area contributed by atoms with Gasteiger partial charge in [-0.2, -0.15) is 4.52 Å². The van der Waals surface area contributed by atoms with Gasteiger partial charge in [0.15, 0.2) is 5.65 Å². The van der Waals surface area contributed by atoms with Gasteiger partial charge in [-0.25, -0.2) is 0 Å². The molecule has 27 heavy (non-hydrogen) atoms. The molecule has 4 rings (SSSR count). The Bertz CT molecular complexity index is 774. The Morgan fingerprint density at radius 2 is 2.00 bits per heavy atom. The van der Waals surface area contributed by atoms with E-state index in [4.69, 9.17) is 5.73 Å². The number of carbonyl (C=O) groups is 1. The number of anilines is 1. The van der Waals surface area contributed by atoms with Crippen LogP contribution in [0.2, 0.25) is 0 Å². The van der Waals surface area contributed by atoms with E-state index in [2.05, 4.69) is 32.0 Å². The standard InChI is InChI=1S/C18H27N7O.ClH/c1-13-4-9-24(15(10-13)11-19)18(26)14-5-7-23(8-6-14)17-3-2-16-21-20-12-25(16)22-17;/h2-3,12-15H,4-11,19H2,1H3;1H. The normalized spacial score (nSPS) is 24.1. The average Bonchev–Trinajstić information content (AvgIpc) is 3.15. The van der Waals surface area contributed by atoms with Crippen LogP contribution in [0.4, 0.5) is 5.82 Å². The van der Waals surface area contributed by atoms with E-state index in [1.54, 1.807) is 10.8 Å². The van der Waals surface area contributed by atoms with Crippen molar-refractivity contribution in [3.8, 4) is 0 Å². The quantitative estimate of drug-likeness (QED) is 0.846. The van der Waals surface area contributed by atoms with Gasteiger partial charge in [-0.05, 0) is 43.7 Å². The largest absolute Gasteiger partial charge is 0.355 e. The fourth-order valence-corrected chi connectivity index (χ4v) is 4.24. The van der Waals surface area contributed by atoms with E-state index in [-0.39, 0.29) is 24.4 Å². The van der Waals surface area contributed by atoms with Crippen LogP contribution in [-0.4, -0.2) is 62.8 Å². The molecule has 4 heterocycles. The minimum absolute atomic E-state index is 0. The van der Waals surface area contributed by atoms with Crippen LogP contribution >= 0.6 is 12.4 Å². The topological polar surface area (TPSA) is 92.7 Å². The molecule has 0 aliphatic carbocycles. The minimum atomic E-state index is 0. The van der Waals surface area contributed by atoms with Crippen molar-refractivity contribution in [3.63, 3.8) is 0 Å². The highest BCUT2D eigenvalue weighted by atomic mass is 35.5. The monoisotopic (exact) mass is 393 g/mol. The van der Waals surface area contributed by atoms with Crippen molar-refractivity contribution >= 4 is 29.8 Å². The van der Waals surface area contributed by atoms with Gasteiger partial charge in [-0.15, -0.1) is 27.7 Å². The molecule has 8 nitrogen and oxygen atoms in total. The molecule has 2 saturated heterocycles. The van der Waals surface area contributed by atoms with E-state index in [0.717, 1.165) is 56.8 Å². The summed E-state index contributed by atoms with van der Waals surface area (Å²) < 4.78 is 1.69. The Balaban J connectivity index is 0.00000210. The summed E-state index contributed by atoms with van der Waals surface area (Å²) in [5.41, 5.74) is 6.68. The summed E-state index contributed by atoms with van der Waals surface area (Å²) in [5.74, 6) is 1.98. The molecule has 0 aromatic carbocycles. The summed E-state index contributed by atoms with van der Waals surface area (Å²) in [6.45, 7) is 5.36. The second-order valence-electron chi connectivity index (χ2n) is 7.64. The van der Waals surface area contributed by atoms with Gasteiger partial charge in [-0.1, -0.05) is 6.92 Å². The molecule has 2 aliphatic rings. The molecular weight excluding hydrogens is 366 g/mol. The lowest BCUT2D eigenvalue weighted by Gasteiger charge is -2.41. The molecule has 0 bridgehead atoms. The Labute approximate surface area is 165 Å². The fraction of sp³-hybridized carbons (Fsp3) is 0.667. The first-order chi connectivity index (χ1) is 12.7. The molecule has 2 unspecified atom stereocenters. The van der Waals surface area contributed by atoms with E-state index in [0.29, 0.717) is 18.4 Å². The molecule has 2 aromatic heterocycles. The first-order valence-corrected chi connectivity index (χ1v) is 9.58. The number of likely N-dealkylation sites (tertiary alicyclic amines) is 1. The lowest BCUT2D eigenvalue weighted by molar-refractivity contribution is -0.140. The third-order valence-corrected chi connectivity index (χ3v) is 5.85. The number of hydrogen-bond acceptors (Lipinski definition) is 6. The predicted octanol–water partition coefficient (Wildman–Crippen LogP) is 1.35. The van der Waals surface area contributed by atoms with Crippen molar-refractivity contribution in [2.24, 2.45) is 17.6 Å². The summed E-state index contributed by atoms with van der Waals surface area (Å²) in [7, 11) is 0. The van der Waals surface area contributed by atoms with Crippen LogP contribution in [0, 0.1) is 11.8 Å². The molecular formula is C18H28ClN7O. The zero-order valence-corrected chi connectivity index (χ0v) is 16.5. The molecule has 148 valence electrons. The molecule has 0 radical (unpaired) electrons. The molecule has 1 amide bonds. The number of rotatable bonds is 3. The van der Waals surface area contributed by atoms with Crippen LogP contribution in [0.15, 0.2) is 18.5 Å². The molecule has 2 fully saturated rings. The Morgan fingerprint density at radius 3 is 2.74 bits per heavy atom. The highest BCUT2D eigenvalue weighted by molar-refractivity contribution is 5.85. The number of nitrogens with zero attached hydrogens (tertiary/aromatic N) is 6. The van der Waals surface area contributed by atoms with Gasteiger partial charge in [0.25, 0.3) is 0 Å². The summed E-state index contributed by atoms with van der Waals surface area (Å²) in [6.07, 6.45) is 5.46. The Kier molecular flexibility index (Phi) is 6.16. The minimum Gasteiger partial charge on any atom is -0.355 e. The van der Waals surface area contributed by atoms with Crippen LogP contribution in [0.5, 0.6) is 0 Å². The number of piperidine rings is 2. The van der Waals surface area contributed by atoms with Gasteiger partial charge in [0, 0.05) is 38.1 Å². The van der Waals surface area contributed by atoms with Crippen molar-refractivity contribution in [1.82, 2.24) is 24.7 Å². The van der Waals surface area contributed by atoms with Gasteiger partial charge >= 0.3 is 0 Å². The second-order valence-corrected chi connectivity index (χ2v) is 7.64. The van der Waals surface area contributed by atoms with Crippen molar-refractivity contribution in [2.75, 3.05) is 31.1 Å². The van der Waals surface area contributed by atoms with Gasteiger partial charge in [0.1, 0.15) is 12.1 Å². The third-order valence-electron chi connectivity index (χ3n) is 5.85. The van der Waals surface area contributed by atoms with Crippen molar-refractivity contribution in [3.05, 3.63) is 18.5 Å². The molecule has 2 aromatic rings. The smallest absolute Gasteiger partial charge is 0.226 e. The fourth-order valence-electron chi connectivity index (χ4n) is 4.24. The van der Waals surface area contributed by atoms with E-state index in [9.17, 15) is 4.79 Å². The van der Waals surface area contributed by atoms with E-state index in [1.165, 1.54) is 0 Å². The number of halogens is 1. The molecule has 2 N–H and O–H groups in total. The van der Waals surface area contributed by atoms with Gasteiger partial charge in [0.2, 0.25) is 5.91 Å². The van der Waals surface area contributed by atoms with Gasteiger partial charge in [0.05, 0.1) is 0 Å². The zero-order chi connectivity index (χ0) is 18.1. The van der Waals surface area contributed by atoms with Crippen LogP contribution < -0.4 is 10.6 Å². The number of nitrogens with two attached hydrogens (primary N) is 1. The summed E-state index contributed by atoms with van der Waals surface area (Å²) in [4.78, 5) is 17.3. The number of hydrogen-bond donors (Lipinski definition) is 1. The van der Waals surface area contributed by atoms with E-state index < -0.39 is 0 Å². The molecule has 0 spiro atoms. The maximum Gasteiger partial charge on any atom is 0.226 e. The highest BCUT2D eigenvalue weighted by Gasteiger charge is 2.34. The first-order valence-electron chi connectivity index (χ1n) is 9.58. The number of amides is 1. The van der Waals surface area contributed by atoms with Crippen LogP contribution in [0.1, 0.15) is 32.6 Å². The SMILES string of the molecule is CC1CCN(C(=O)C2CCN(c3ccc4nncn4n3)CC2)C(CN)C1.Cl. The molecule has 0 saturated carbocycles. The van der Waals surface area contributed by atoms with Crippen LogP contribution in [-0.2, 0) is 4.79 Å². The van der Waals surface area contributed by atoms with Crippen LogP contribution in [0.3, 0.4) is 0 Å². The number of aromatic nitrogens is 4. The predicted molar refractivity (Wildman–Crippen MR) is 106 cm³/mol. The second kappa shape index (κ2) is 8.39. The third kappa shape index (κ3) is 4.01. The Hall–Kier alpha value is -1.93. The summed E-state index contributed by atoms with van der Waals surface area (Å²) in [5, 5.41) is 12.4. The lowest BCUT2D eigenvalue weighted by atomic mass is 9.89. The van der Waals surface area contributed by atoms with Crippen molar-refractivity contribution in [2.45, 2.75) is 38.6 Å². The number of carbonyl (C=O) groups excluding carboxylic acids is 1. The Morgan fingerprint density at radius 1 is 1.22 bits per heavy atom. The first kappa shape index (κ1) is 19.8. The molecule has 9 heteroatoms. The summed E-state index contributed by atoms with van der Waals surface area (Å²) >= 11 is 0. The summed E-state index contributed by atoms with van der Waals surface area (Å²) in [6, 6.07) is 4.11. The molecule has 2 atom stereocenters. The van der Waals surface area contributed by atoms with Gasteiger partial charge in [-0.3, -0.25) is 4.79 Å². The van der Waals surface area contributed by atoms with E-state index in [1.807, 2.05) is 12.1 Å². The van der Waals surface area contributed by atoms with Crippen molar-refractivity contribution < 1.29 is 4.79 Å². The number of fused-ring (bicyclic) bond motifs is 1. The van der Waals surface area contributed by atoms with E-state index >= 15 is 0 Å². The zero-order valence-electron chi connectivity index (χ0n) is 15.7. The lowest BCUT2D eigenvalue weighted by Crippen LogP contribution is -2.52.